The number of ether oxygens (including phenoxy) is 1. The number of hydrogen-bond donors (Lipinski definition) is 2. The van der Waals surface area contributed by atoms with Gasteiger partial charge >= 0.3 is 5.97 Å². The van der Waals surface area contributed by atoms with Gasteiger partial charge in [0.15, 0.2) is 0 Å². The van der Waals surface area contributed by atoms with E-state index in [1.54, 1.807) is 6.92 Å². The summed E-state index contributed by atoms with van der Waals surface area (Å²) >= 11 is 0. The van der Waals surface area contributed by atoms with E-state index in [0.29, 0.717) is 0 Å². The van der Waals surface area contributed by atoms with Crippen molar-refractivity contribution in [3.8, 4) is 0 Å². The molecule has 0 spiro atoms. The SMILES string of the molecule is CCOC(=O)CCC(=O)N[C@H](C(N)=O)C(c1ccccc1)c1ccccc1. The van der Waals surface area contributed by atoms with Gasteiger partial charge in [-0.05, 0) is 18.1 Å². The standard InChI is InChI=1S/C21H24N2O4/c1-2-27-18(25)14-13-17(24)23-20(21(22)26)19(15-9-5-3-6-10-15)16-11-7-4-8-12-16/h3-12,19-20H,2,13-14H2,1H3,(H2,22,26)(H,23,24)/t20-/m0/s1. The summed E-state index contributed by atoms with van der Waals surface area (Å²) in [7, 11) is 0. The molecule has 27 heavy (non-hydrogen) atoms. The Balaban J connectivity index is 2.23. The molecule has 1 atom stereocenters. The van der Waals surface area contributed by atoms with Crippen LogP contribution in [-0.4, -0.2) is 30.4 Å². The van der Waals surface area contributed by atoms with E-state index in [-0.39, 0.29) is 19.4 Å². The van der Waals surface area contributed by atoms with Crippen LogP contribution in [0.5, 0.6) is 0 Å². The molecule has 2 aromatic carbocycles. The molecular formula is C21H24N2O4. The van der Waals surface area contributed by atoms with Crippen molar-refractivity contribution in [2.24, 2.45) is 5.73 Å². The maximum Gasteiger partial charge on any atom is 0.306 e. The Hall–Kier alpha value is -3.15. The van der Waals surface area contributed by atoms with Crippen molar-refractivity contribution in [1.82, 2.24) is 5.32 Å². The van der Waals surface area contributed by atoms with E-state index in [0.717, 1.165) is 11.1 Å². The first-order chi connectivity index (χ1) is 13.0. The van der Waals surface area contributed by atoms with E-state index in [2.05, 4.69) is 5.32 Å². The van der Waals surface area contributed by atoms with Crippen LogP contribution in [0.3, 0.4) is 0 Å². The zero-order valence-electron chi connectivity index (χ0n) is 15.3. The Morgan fingerprint density at radius 1 is 0.926 bits per heavy atom. The topological polar surface area (TPSA) is 98.5 Å². The van der Waals surface area contributed by atoms with Gasteiger partial charge in [0.1, 0.15) is 6.04 Å². The Kier molecular flexibility index (Phi) is 7.55. The summed E-state index contributed by atoms with van der Waals surface area (Å²) in [6.45, 7) is 1.96. The van der Waals surface area contributed by atoms with Crippen molar-refractivity contribution in [3.05, 3.63) is 71.8 Å². The summed E-state index contributed by atoms with van der Waals surface area (Å²) in [5.41, 5.74) is 7.34. The second-order valence-electron chi connectivity index (χ2n) is 6.05. The molecule has 6 nitrogen and oxygen atoms in total. The molecule has 0 heterocycles. The highest BCUT2D eigenvalue weighted by Gasteiger charge is 2.30. The lowest BCUT2D eigenvalue weighted by Gasteiger charge is -2.26. The van der Waals surface area contributed by atoms with Gasteiger partial charge in [0.2, 0.25) is 11.8 Å². The monoisotopic (exact) mass is 368 g/mol. The largest absolute Gasteiger partial charge is 0.466 e. The van der Waals surface area contributed by atoms with Crippen LogP contribution in [0.15, 0.2) is 60.7 Å². The van der Waals surface area contributed by atoms with Crippen molar-refractivity contribution in [2.75, 3.05) is 6.61 Å². The van der Waals surface area contributed by atoms with Gasteiger partial charge < -0.3 is 15.8 Å². The minimum absolute atomic E-state index is 0.0491. The highest BCUT2D eigenvalue weighted by Crippen LogP contribution is 2.28. The number of hydrogen-bond acceptors (Lipinski definition) is 4. The van der Waals surface area contributed by atoms with Crippen molar-refractivity contribution in [2.45, 2.75) is 31.7 Å². The van der Waals surface area contributed by atoms with E-state index in [4.69, 9.17) is 10.5 Å². The first-order valence-corrected chi connectivity index (χ1v) is 8.87. The fraction of sp³-hybridized carbons (Fsp3) is 0.286. The summed E-state index contributed by atoms with van der Waals surface area (Å²) in [4.78, 5) is 35.9. The minimum Gasteiger partial charge on any atom is -0.466 e. The lowest BCUT2D eigenvalue weighted by atomic mass is 9.84. The van der Waals surface area contributed by atoms with E-state index in [9.17, 15) is 14.4 Å². The Bertz CT molecular complexity index is 723. The van der Waals surface area contributed by atoms with Crippen LogP contribution < -0.4 is 11.1 Å². The summed E-state index contributed by atoms with van der Waals surface area (Å²) < 4.78 is 4.82. The van der Waals surface area contributed by atoms with E-state index >= 15 is 0 Å². The third-order valence-corrected chi connectivity index (χ3v) is 4.14. The van der Waals surface area contributed by atoms with Crippen molar-refractivity contribution < 1.29 is 19.1 Å². The van der Waals surface area contributed by atoms with Crippen LogP contribution in [0.2, 0.25) is 0 Å². The molecule has 0 aliphatic heterocycles. The summed E-state index contributed by atoms with van der Waals surface area (Å²) in [5.74, 6) is -1.96. The van der Waals surface area contributed by atoms with E-state index in [1.165, 1.54) is 0 Å². The molecule has 0 aliphatic rings. The second kappa shape index (κ2) is 10.1. The zero-order valence-corrected chi connectivity index (χ0v) is 15.3. The number of rotatable bonds is 9. The van der Waals surface area contributed by atoms with Gasteiger partial charge in [0.25, 0.3) is 0 Å². The lowest BCUT2D eigenvalue weighted by Crippen LogP contribution is -2.48. The molecule has 3 N–H and O–H groups in total. The Morgan fingerprint density at radius 3 is 1.89 bits per heavy atom. The Labute approximate surface area is 158 Å². The molecule has 0 saturated heterocycles. The third kappa shape index (κ3) is 5.95. The zero-order chi connectivity index (χ0) is 19.6. The van der Waals surface area contributed by atoms with E-state index < -0.39 is 29.7 Å². The maximum absolute atomic E-state index is 12.3. The van der Waals surface area contributed by atoms with Gasteiger partial charge in [0, 0.05) is 12.3 Å². The van der Waals surface area contributed by atoms with Crippen LogP contribution in [-0.2, 0) is 19.1 Å². The molecule has 2 aromatic rings. The third-order valence-electron chi connectivity index (χ3n) is 4.14. The van der Waals surface area contributed by atoms with Gasteiger partial charge in [-0.15, -0.1) is 0 Å². The highest BCUT2D eigenvalue weighted by molar-refractivity contribution is 5.89. The highest BCUT2D eigenvalue weighted by atomic mass is 16.5. The average molecular weight is 368 g/mol. The lowest BCUT2D eigenvalue weighted by molar-refractivity contribution is -0.144. The summed E-state index contributed by atoms with van der Waals surface area (Å²) in [6.07, 6.45) is -0.120. The normalized spacial score (nSPS) is 11.6. The number of carbonyl (C=O) groups excluding carboxylic acids is 3. The molecule has 0 fully saturated rings. The molecule has 0 saturated carbocycles. The van der Waals surface area contributed by atoms with Gasteiger partial charge in [-0.3, -0.25) is 14.4 Å². The van der Waals surface area contributed by atoms with Crippen molar-refractivity contribution in [3.63, 3.8) is 0 Å². The molecule has 142 valence electrons. The van der Waals surface area contributed by atoms with Gasteiger partial charge in [0.05, 0.1) is 13.0 Å². The number of amides is 2. The van der Waals surface area contributed by atoms with Crippen molar-refractivity contribution in [1.29, 1.82) is 0 Å². The average Bonchev–Trinajstić information content (AvgIpc) is 2.68. The first-order valence-electron chi connectivity index (χ1n) is 8.87. The van der Waals surface area contributed by atoms with Gasteiger partial charge in [-0.25, -0.2) is 0 Å². The molecule has 0 aromatic heterocycles. The van der Waals surface area contributed by atoms with Crippen molar-refractivity contribution >= 4 is 17.8 Å². The number of benzene rings is 2. The number of primary amides is 1. The number of nitrogens with two attached hydrogens (primary N) is 1. The molecule has 2 rings (SSSR count). The van der Waals surface area contributed by atoms with E-state index in [1.807, 2.05) is 60.7 Å². The second-order valence-corrected chi connectivity index (χ2v) is 6.05. The number of nitrogens with one attached hydrogen (secondary N) is 1. The quantitative estimate of drug-likeness (QED) is 0.663. The summed E-state index contributed by atoms with van der Waals surface area (Å²) in [6, 6.07) is 17.8. The predicted molar refractivity (Wildman–Crippen MR) is 102 cm³/mol. The van der Waals surface area contributed by atoms with Crippen LogP contribution in [0.4, 0.5) is 0 Å². The van der Waals surface area contributed by atoms with Gasteiger partial charge in [-0.1, -0.05) is 60.7 Å². The molecule has 0 bridgehead atoms. The maximum atomic E-state index is 12.3. The smallest absolute Gasteiger partial charge is 0.306 e. The molecular weight excluding hydrogens is 344 g/mol. The number of esters is 1. The predicted octanol–water partition coefficient (Wildman–Crippen LogP) is 2.13. The van der Waals surface area contributed by atoms with Crippen LogP contribution in [0.1, 0.15) is 36.8 Å². The molecule has 0 aliphatic carbocycles. The fourth-order valence-electron chi connectivity index (χ4n) is 2.91. The Morgan fingerprint density at radius 2 is 1.44 bits per heavy atom. The number of carbonyl (C=O) groups is 3. The molecule has 6 heteroatoms. The minimum atomic E-state index is -0.940. The van der Waals surface area contributed by atoms with Gasteiger partial charge in [-0.2, -0.15) is 0 Å². The molecule has 0 unspecified atom stereocenters. The fourth-order valence-corrected chi connectivity index (χ4v) is 2.91. The molecule has 2 amide bonds. The first kappa shape index (κ1) is 20.2. The van der Waals surface area contributed by atoms with Crippen LogP contribution in [0, 0.1) is 0 Å². The summed E-state index contributed by atoms with van der Waals surface area (Å²) in [5, 5.41) is 2.69. The van der Waals surface area contributed by atoms with Crippen LogP contribution in [0.25, 0.3) is 0 Å². The van der Waals surface area contributed by atoms with Crippen LogP contribution >= 0.6 is 0 Å². The molecule has 0 radical (unpaired) electrons.